The Bertz CT molecular complexity index is 1410. The fourth-order valence-electron chi connectivity index (χ4n) is 5.31. The molecule has 0 aliphatic carbocycles. The molecule has 40 heavy (non-hydrogen) atoms. The number of benzodiazepines with no additional fused rings is 1. The number of hydrogen-bond acceptors (Lipinski definition) is 5. The van der Waals surface area contributed by atoms with Crippen LogP contribution >= 0.6 is 0 Å². The van der Waals surface area contributed by atoms with E-state index >= 15 is 0 Å². The summed E-state index contributed by atoms with van der Waals surface area (Å²) in [6.07, 6.45) is 0.349. The van der Waals surface area contributed by atoms with Gasteiger partial charge in [-0.05, 0) is 57.0 Å². The molecule has 2 heterocycles. The third-order valence-electron chi connectivity index (χ3n) is 7.37. The van der Waals surface area contributed by atoms with Crippen molar-refractivity contribution in [3.63, 3.8) is 0 Å². The van der Waals surface area contributed by atoms with E-state index in [-0.39, 0.29) is 23.8 Å². The van der Waals surface area contributed by atoms with Gasteiger partial charge in [0.25, 0.3) is 5.91 Å². The number of benzene rings is 3. The van der Waals surface area contributed by atoms with Gasteiger partial charge >= 0.3 is 6.03 Å². The van der Waals surface area contributed by atoms with E-state index in [4.69, 9.17) is 10.7 Å². The van der Waals surface area contributed by atoms with Crippen LogP contribution in [0.1, 0.15) is 37.8 Å². The van der Waals surface area contributed by atoms with Crippen molar-refractivity contribution in [2.24, 2.45) is 16.6 Å². The maximum Gasteiger partial charge on any atom is 0.321 e. The largest absolute Gasteiger partial charge is 0.371 e. The lowest BCUT2D eigenvalue weighted by molar-refractivity contribution is -0.122. The lowest BCUT2D eigenvalue weighted by Gasteiger charge is -2.32. The molecule has 1 saturated heterocycles. The van der Waals surface area contributed by atoms with Gasteiger partial charge in [-0.3, -0.25) is 9.59 Å². The van der Waals surface area contributed by atoms with Crippen LogP contribution in [0.15, 0.2) is 83.9 Å². The predicted molar refractivity (Wildman–Crippen MR) is 158 cm³/mol. The average Bonchev–Trinajstić information content (AvgIpc) is 3.08. The van der Waals surface area contributed by atoms with Crippen molar-refractivity contribution < 1.29 is 14.4 Å². The molecule has 206 valence electrons. The molecule has 0 saturated carbocycles. The molecular weight excluding hydrogens is 504 g/mol. The zero-order valence-electron chi connectivity index (χ0n) is 22.7. The minimum Gasteiger partial charge on any atom is -0.371 e. The Labute approximate surface area is 234 Å². The number of nitrogens with zero attached hydrogens (tertiary/aromatic N) is 3. The van der Waals surface area contributed by atoms with Crippen molar-refractivity contribution in [1.82, 2.24) is 5.32 Å². The number of carbonyl (C=O) groups is 3. The highest BCUT2D eigenvalue weighted by Gasteiger charge is 2.34. The number of nitrogens with two attached hydrogens (primary N) is 1. The molecule has 1 fully saturated rings. The lowest BCUT2D eigenvalue weighted by atomic mass is 9.96. The van der Waals surface area contributed by atoms with Gasteiger partial charge in [-0.15, -0.1) is 0 Å². The van der Waals surface area contributed by atoms with Gasteiger partial charge in [0.2, 0.25) is 12.1 Å². The second kappa shape index (κ2) is 11.6. The zero-order valence-corrected chi connectivity index (χ0v) is 22.7. The predicted octanol–water partition coefficient (Wildman–Crippen LogP) is 4.13. The summed E-state index contributed by atoms with van der Waals surface area (Å²) in [5.41, 5.74) is 10.1. The number of aliphatic imine (C=N–C) groups is 1. The highest BCUT2D eigenvalue weighted by Crippen LogP contribution is 2.30. The minimum absolute atomic E-state index is 0.0722. The van der Waals surface area contributed by atoms with Gasteiger partial charge in [0.05, 0.1) is 11.4 Å². The van der Waals surface area contributed by atoms with Crippen molar-refractivity contribution in [3.05, 3.63) is 90.0 Å². The molecule has 3 aromatic carbocycles. The molecule has 9 nitrogen and oxygen atoms in total. The molecule has 1 atom stereocenters. The summed E-state index contributed by atoms with van der Waals surface area (Å²) in [5, 5.41) is 5.62. The summed E-state index contributed by atoms with van der Waals surface area (Å²) in [6.45, 7) is 5.39. The number of para-hydroxylation sites is 1. The summed E-state index contributed by atoms with van der Waals surface area (Å²) in [7, 11) is 0. The molecule has 4 N–H and O–H groups in total. The highest BCUT2D eigenvalue weighted by atomic mass is 16.2. The molecule has 9 heteroatoms. The van der Waals surface area contributed by atoms with Crippen LogP contribution in [0.2, 0.25) is 0 Å². The Morgan fingerprint density at radius 1 is 0.925 bits per heavy atom. The van der Waals surface area contributed by atoms with Crippen LogP contribution in [0.25, 0.3) is 0 Å². The van der Waals surface area contributed by atoms with Crippen LogP contribution in [-0.4, -0.2) is 48.9 Å². The van der Waals surface area contributed by atoms with E-state index < -0.39 is 12.2 Å². The van der Waals surface area contributed by atoms with E-state index in [9.17, 15) is 14.4 Å². The Morgan fingerprint density at radius 2 is 1.57 bits per heavy atom. The smallest absolute Gasteiger partial charge is 0.321 e. The van der Waals surface area contributed by atoms with Crippen LogP contribution < -0.4 is 26.2 Å². The van der Waals surface area contributed by atoms with E-state index in [1.165, 1.54) is 0 Å². The molecule has 1 unspecified atom stereocenters. The second-order valence-corrected chi connectivity index (χ2v) is 10.4. The van der Waals surface area contributed by atoms with Crippen molar-refractivity contribution in [3.8, 4) is 0 Å². The third kappa shape index (κ3) is 5.68. The van der Waals surface area contributed by atoms with E-state index in [0.29, 0.717) is 11.4 Å². The standard InChI is InChI=1S/C31H34N6O3/c1-20(2)37-26-11-7-6-10-25(26)27(21-8-4-3-5-9-21)34-29(30(37)39)35-31(40)33-23-12-14-24(15-13-23)36-18-16-22(17-19-36)28(32)38/h3-15,20,22,29H,16-19H2,1-2H3,(H2,32,38)(H2,33,35,40). The second-order valence-electron chi connectivity index (χ2n) is 10.4. The number of primary amides is 1. The number of hydrogen-bond donors (Lipinski definition) is 3. The number of rotatable bonds is 6. The van der Waals surface area contributed by atoms with Gasteiger partial charge in [-0.25, -0.2) is 9.79 Å². The zero-order chi connectivity index (χ0) is 28.2. The lowest BCUT2D eigenvalue weighted by Crippen LogP contribution is -2.50. The number of carbonyl (C=O) groups excluding carboxylic acids is 3. The molecule has 0 radical (unpaired) electrons. The number of amides is 4. The fraction of sp³-hybridized carbons (Fsp3) is 0.290. The van der Waals surface area contributed by atoms with Gasteiger partial charge in [0.15, 0.2) is 0 Å². The van der Waals surface area contributed by atoms with Crippen LogP contribution in [0.5, 0.6) is 0 Å². The maximum absolute atomic E-state index is 13.7. The summed E-state index contributed by atoms with van der Waals surface area (Å²) in [4.78, 5) is 47.0. The molecule has 2 aliphatic rings. The van der Waals surface area contributed by atoms with Gasteiger partial charge in [0, 0.05) is 47.6 Å². The molecular formula is C31H34N6O3. The molecule has 4 amide bonds. The quantitative estimate of drug-likeness (QED) is 0.437. The first-order valence-electron chi connectivity index (χ1n) is 13.6. The van der Waals surface area contributed by atoms with E-state index in [1.807, 2.05) is 92.7 Å². The van der Waals surface area contributed by atoms with Crippen molar-refractivity contribution in [2.45, 2.75) is 38.9 Å². The van der Waals surface area contributed by atoms with E-state index in [0.717, 1.165) is 48.4 Å². The molecule has 2 aliphatic heterocycles. The normalized spacial score (nSPS) is 17.6. The summed E-state index contributed by atoms with van der Waals surface area (Å²) in [6, 6.07) is 24.2. The van der Waals surface area contributed by atoms with Crippen molar-refractivity contribution >= 4 is 40.6 Å². The topological polar surface area (TPSA) is 120 Å². The average molecular weight is 539 g/mol. The molecule has 0 spiro atoms. The first-order valence-corrected chi connectivity index (χ1v) is 13.6. The Kier molecular flexibility index (Phi) is 7.82. The van der Waals surface area contributed by atoms with Crippen molar-refractivity contribution in [1.29, 1.82) is 0 Å². The number of urea groups is 1. The molecule has 0 aromatic heterocycles. The highest BCUT2D eigenvalue weighted by molar-refractivity contribution is 6.20. The Hall–Kier alpha value is -4.66. The SMILES string of the molecule is CC(C)N1C(=O)C(NC(=O)Nc2ccc(N3CCC(C(N)=O)CC3)cc2)N=C(c2ccccc2)c2ccccc21. The molecule has 0 bridgehead atoms. The summed E-state index contributed by atoms with van der Waals surface area (Å²) in [5.74, 6) is -0.617. The Balaban J connectivity index is 1.34. The van der Waals surface area contributed by atoms with Gasteiger partial charge in [0.1, 0.15) is 0 Å². The monoisotopic (exact) mass is 538 g/mol. The number of fused-ring (bicyclic) bond motifs is 1. The van der Waals surface area contributed by atoms with Gasteiger partial charge in [-0.1, -0.05) is 48.5 Å². The maximum atomic E-state index is 13.7. The number of nitrogens with one attached hydrogen (secondary N) is 2. The van der Waals surface area contributed by atoms with Crippen LogP contribution in [0, 0.1) is 5.92 Å². The van der Waals surface area contributed by atoms with Crippen LogP contribution in [0.4, 0.5) is 21.9 Å². The van der Waals surface area contributed by atoms with Crippen molar-refractivity contribution in [2.75, 3.05) is 28.2 Å². The van der Waals surface area contributed by atoms with Crippen LogP contribution in [-0.2, 0) is 9.59 Å². The third-order valence-corrected chi connectivity index (χ3v) is 7.37. The molecule has 5 rings (SSSR count). The summed E-state index contributed by atoms with van der Waals surface area (Å²) < 4.78 is 0. The van der Waals surface area contributed by atoms with Gasteiger partial charge in [-0.2, -0.15) is 0 Å². The molecule has 3 aromatic rings. The first kappa shape index (κ1) is 26.9. The summed E-state index contributed by atoms with van der Waals surface area (Å²) >= 11 is 0. The Morgan fingerprint density at radius 3 is 2.23 bits per heavy atom. The number of piperidine rings is 1. The minimum atomic E-state index is -1.11. The van der Waals surface area contributed by atoms with Gasteiger partial charge < -0.3 is 26.2 Å². The first-order chi connectivity index (χ1) is 19.3. The fourth-order valence-corrected chi connectivity index (χ4v) is 5.31. The van der Waals surface area contributed by atoms with Crippen LogP contribution in [0.3, 0.4) is 0 Å². The number of anilines is 3. The van der Waals surface area contributed by atoms with E-state index in [1.54, 1.807) is 4.90 Å². The van der Waals surface area contributed by atoms with E-state index in [2.05, 4.69) is 15.5 Å².